The first-order chi connectivity index (χ1) is 14.4. The predicted octanol–water partition coefficient (Wildman–Crippen LogP) is 2.72. The van der Waals surface area contributed by atoms with Gasteiger partial charge in [0, 0.05) is 18.8 Å². The number of likely N-dealkylation sites (N-methyl/N-ethyl adjacent to an activating group) is 1. The van der Waals surface area contributed by atoms with Crippen LogP contribution >= 0.6 is 11.8 Å². The summed E-state index contributed by atoms with van der Waals surface area (Å²) in [6, 6.07) is 14.0. The van der Waals surface area contributed by atoms with Gasteiger partial charge >= 0.3 is 0 Å². The lowest BCUT2D eigenvalue weighted by Crippen LogP contribution is -2.36. The summed E-state index contributed by atoms with van der Waals surface area (Å²) >= 11 is 0.805. The number of hydrogen-bond donors (Lipinski definition) is 1. The molecule has 152 valence electrons. The highest BCUT2D eigenvalue weighted by Crippen LogP contribution is 2.34. The summed E-state index contributed by atoms with van der Waals surface area (Å²) in [6.45, 7) is -0.474. The lowest BCUT2D eigenvalue weighted by molar-refractivity contribution is -0.127. The number of imide groups is 1. The van der Waals surface area contributed by atoms with Crippen molar-refractivity contribution in [3.63, 3.8) is 0 Å². The number of thioether (sulfide) groups is 1. The molecule has 1 saturated heterocycles. The van der Waals surface area contributed by atoms with E-state index in [2.05, 4.69) is 5.32 Å². The zero-order valence-electron chi connectivity index (χ0n) is 16.0. The van der Waals surface area contributed by atoms with Crippen molar-refractivity contribution in [2.45, 2.75) is 0 Å². The van der Waals surface area contributed by atoms with E-state index in [1.165, 1.54) is 4.90 Å². The van der Waals surface area contributed by atoms with Gasteiger partial charge in [-0.1, -0.05) is 30.3 Å². The maximum absolute atomic E-state index is 12.5. The van der Waals surface area contributed by atoms with Crippen LogP contribution < -0.4 is 15.0 Å². The molecule has 2 aromatic carbocycles. The van der Waals surface area contributed by atoms with Crippen LogP contribution in [0.4, 0.5) is 16.2 Å². The summed E-state index contributed by atoms with van der Waals surface area (Å²) in [5, 5.41) is 2.16. The Bertz CT molecular complexity index is 1080. The Labute approximate surface area is 176 Å². The molecular weight excluding hydrogens is 406 g/mol. The molecule has 0 aromatic heterocycles. The number of benzene rings is 2. The van der Waals surface area contributed by atoms with Gasteiger partial charge in [0.05, 0.1) is 10.6 Å². The highest BCUT2D eigenvalue weighted by Gasteiger charge is 2.36. The minimum absolute atomic E-state index is 0.0779. The zero-order valence-corrected chi connectivity index (χ0v) is 16.8. The van der Waals surface area contributed by atoms with E-state index in [0.29, 0.717) is 17.1 Å². The van der Waals surface area contributed by atoms with E-state index < -0.39 is 23.6 Å². The summed E-state index contributed by atoms with van der Waals surface area (Å²) in [4.78, 5) is 51.5. The minimum atomic E-state index is -0.515. The van der Waals surface area contributed by atoms with Crippen LogP contribution in [-0.2, 0) is 14.4 Å². The van der Waals surface area contributed by atoms with Crippen LogP contribution in [0.15, 0.2) is 53.4 Å². The number of amides is 4. The maximum atomic E-state index is 12.5. The van der Waals surface area contributed by atoms with E-state index in [4.69, 9.17) is 4.74 Å². The highest BCUT2D eigenvalue weighted by molar-refractivity contribution is 8.18. The van der Waals surface area contributed by atoms with Crippen LogP contribution in [0.2, 0.25) is 0 Å². The van der Waals surface area contributed by atoms with Crippen LogP contribution in [-0.4, -0.2) is 48.1 Å². The Morgan fingerprint density at radius 2 is 1.93 bits per heavy atom. The normalized spacial score (nSPS) is 17.2. The van der Waals surface area contributed by atoms with Gasteiger partial charge in [-0.3, -0.25) is 24.1 Å². The molecular formula is C21H17N3O5S. The molecule has 0 unspecified atom stereocenters. The minimum Gasteiger partial charge on any atom is -0.481 e. The molecule has 2 aliphatic heterocycles. The molecule has 2 aromatic rings. The van der Waals surface area contributed by atoms with Crippen molar-refractivity contribution in [1.29, 1.82) is 0 Å². The third kappa shape index (κ3) is 3.92. The van der Waals surface area contributed by atoms with Gasteiger partial charge in [-0.15, -0.1) is 0 Å². The van der Waals surface area contributed by atoms with Crippen LogP contribution in [0.25, 0.3) is 6.08 Å². The molecule has 0 bridgehead atoms. The van der Waals surface area contributed by atoms with Crippen molar-refractivity contribution >= 4 is 52.2 Å². The molecule has 9 heteroatoms. The van der Waals surface area contributed by atoms with Crippen molar-refractivity contribution in [3.8, 4) is 5.75 Å². The monoisotopic (exact) mass is 423 g/mol. The molecule has 0 radical (unpaired) electrons. The van der Waals surface area contributed by atoms with E-state index in [1.54, 1.807) is 31.3 Å². The Morgan fingerprint density at radius 3 is 2.70 bits per heavy atom. The van der Waals surface area contributed by atoms with Gasteiger partial charge in [0.1, 0.15) is 12.3 Å². The van der Waals surface area contributed by atoms with Crippen LogP contribution in [0, 0.1) is 0 Å². The maximum Gasteiger partial charge on any atom is 0.294 e. The van der Waals surface area contributed by atoms with Gasteiger partial charge in [-0.05, 0) is 35.5 Å². The fourth-order valence-electron chi connectivity index (χ4n) is 3.04. The number of carbonyl (C=O) groups is 4. The van der Waals surface area contributed by atoms with Crippen molar-refractivity contribution in [2.75, 3.05) is 30.4 Å². The topological polar surface area (TPSA) is 96.0 Å². The lowest BCUT2D eigenvalue weighted by atomic mass is 10.2. The van der Waals surface area contributed by atoms with E-state index in [-0.39, 0.29) is 17.4 Å². The molecule has 30 heavy (non-hydrogen) atoms. The molecule has 0 saturated carbocycles. The Kier molecular flexibility index (Phi) is 5.28. The summed E-state index contributed by atoms with van der Waals surface area (Å²) < 4.78 is 5.39. The number of ether oxygens (including phenoxy) is 1. The quantitative estimate of drug-likeness (QED) is 0.760. The molecule has 0 atom stereocenters. The number of carbonyl (C=O) groups excluding carboxylic acids is 4. The van der Waals surface area contributed by atoms with E-state index >= 15 is 0 Å². The summed E-state index contributed by atoms with van der Waals surface area (Å²) in [5.74, 6) is -0.717. The molecule has 0 aliphatic carbocycles. The molecule has 4 rings (SSSR count). The third-order valence-corrected chi connectivity index (χ3v) is 5.51. The SMILES string of the molecule is CN1C(=O)COc2cc(NC(=O)CN3C(=O)S/C(=C/c4ccccc4)C3=O)ccc21. The smallest absolute Gasteiger partial charge is 0.294 e. The largest absolute Gasteiger partial charge is 0.481 e. The number of hydrogen-bond acceptors (Lipinski definition) is 6. The molecule has 2 heterocycles. The second-order valence-corrected chi connectivity index (χ2v) is 7.64. The predicted molar refractivity (Wildman–Crippen MR) is 113 cm³/mol. The fraction of sp³-hybridized carbons (Fsp3) is 0.143. The molecule has 2 aliphatic rings. The second kappa shape index (κ2) is 8.03. The van der Waals surface area contributed by atoms with Gasteiger partial charge in [-0.25, -0.2) is 0 Å². The molecule has 1 fully saturated rings. The standard InChI is InChI=1S/C21H17N3O5S/c1-23-15-8-7-14(10-16(15)29-12-19(23)26)22-18(25)11-24-20(27)17(30-21(24)28)9-13-5-3-2-4-6-13/h2-10H,11-12H2,1H3,(H,22,25)/b17-9+. The zero-order chi connectivity index (χ0) is 21.3. The summed E-state index contributed by atoms with van der Waals surface area (Å²) in [7, 11) is 1.64. The van der Waals surface area contributed by atoms with Crippen molar-refractivity contribution in [1.82, 2.24) is 4.90 Å². The van der Waals surface area contributed by atoms with E-state index in [1.807, 2.05) is 30.3 Å². The van der Waals surface area contributed by atoms with Gasteiger partial charge in [0.25, 0.3) is 17.1 Å². The first-order valence-electron chi connectivity index (χ1n) is 9.06. The first kappa shape index (κ1) is 19.7. The molecule has 8 nitrogen and oxygen atoms in total. The number of rotatable bonds is 4. The Hall–Kier alpha value is -3.59. The Balaban J connectivity index is 1.43. The number of nitrogens with zero attached hydrogens (tertiary/aromatic N) is 2. The molecule has 0 spiro atoms. The van der Waals surface area contributed by atoms with Gasteiger partial charge in [-0.2, -0.15) is 0 Å². The average Bonchev–Trinajstić information content (AvgIpc) is 2.99. The lowest BCUT2D eigenvalue weighted by Gasteiger charge is -2.26. The first-order valence-corrected chi connectivity index (χ1v) is 9.88. The number of fused-ring (bicyclic) bond motifs is 1. The fourth-order valence-corrected chi connectivity index (χ4v) is 3.87. The van der Waals surface area contributed by atoms with Gasteiger partial charge < -0.3 is 15.0 Å². The number of nitrogens with one attached hydrogen (secondary N) is 1. The number of anilines is 2. The van der Waals surface area contributed by atoms with Crippen LogP contribution in [0.5, 0.6) is 5.75 Å². The van der Waals surface area contributed by atoms with Crippen molar-refractivity contribution in [2.24, 2.45) is 0 Å². The van der Waals surface area contributed by atoms with Crippen LogP contribution in [0.1, 0.15) is 5.56 Å². The highest BCUT2D eigenvalue weighted by atomic mass is 32.2. The molecule has 1 N–H and O–H groups in total. The van der Waals surface area contributed by atoms with Gasteiger partial charge in [0.2, 0.25) is 5.91 Å². The van der Waals surface area contributed by atoms with Gasteiger partial charge in [0.15, 0.2) is 6.61 Å². The van der Waals surface area contributed by atoms with Crippen molar-refractivity contribution < 1.29 is 23.9 Å². The second-order valence-electron chi connectivity index (χ2n) is 6.65. The summed E-state index contributed by atoms with van der Waals surface area (Å²) in [5.41, 5.74) is 1.83. The third-order valence-electron chi connectivity index (χ3n) is 4.60. The Morgan fingerprint density at radius 1 is 1.17 bits per heavy atom. The molecule has 4 amide bonds. The summed E-state index contributed by atoms with van der Waals surface area (Å²) in [6.07, 6.45) is 1.63. The van der Waals surface area contributed by atoms with E-state index in [9.17, 15) is 19.2 Å². The van der Waals surface area contributed by atoms with Crippen LogP contribution in [0.3, 0.4) is 0 Å². The van der Waals surface area contributed by atoms with Crippen molar-refractivity contribution in [3.05, 3.63) is 59.0 Å². The average molecular weight is 423 g/mol. The van der Waals surface area contributed by atoms with E-state index in [0.717, 1.165) is 22.2 Å².